The van der Waals surface area contributed by atoms with Crippen LogP contribution in [0.3, 0.4) is 0 Å². The second-order valence-electron chi connectivity index (χ2n) is 4.68. The van der Waals surface area contributed by atoms with Crippen LogP contribution in [0.15, 0.2) is 24.3 Å². The zero-order chi connectivity index (χ0) is 15.5. The van der Waals surface area contributed by atoms with Gasteiger partial charge in [-0.15, -0.1) is 0 Å². The van der Waals surface area contributed by atoms with E-state index in [1.54, 1.807) is 4.90 Å². The zero-order valence-corrected chi connectivity index (χ0v) is 11.0. The topological polar surface area (TPSA) is 61.4 Å². The molecule has 1 aliphatic rings. The molecule has 0 spiro atoms. The number of carbonyl (C=O) groups is 2. The van der Waals surface area contributed by atoms with Gasteiger partial charge in [0.1, 0.15) is 0 Å². The molecule has 0 atom stereocenters. The molecule has 2 N–H and O–H groups in total. The smallest absolute Gasteiger partial charge is 0.354 e. The summed E-state index contributed by atoms with van der Waals surface area (Å²) in [5.74, 6) is -0.520. The van der Waals surface area contributed by atoms with Gasteiger partial charge in [-0.05, 0) is 24.3 Å². The molecule has 0 aromatic heterocycles. The number of rotatable bonds is 3. The van der Waals surface area contributed by atoms with Gasteiger partial charge in [-0.2, -0.15) is 13.2 Å². The highest BCUT2D eigenvalue weighted by atomic mass is 19.4. The van der Waals surface area contributed by atoms with Crippen LogP contribution in [0.1, 0.15) is 5.56 Å². The molecule has 8 heteroatoms. The van der Waals surface area contributed by atoms with E-state index in [-0.39, 0.29) is 30.6 Å². The molecule has 0 aliphatic carbocycles. The van der Waals surface area contributed by atoms with Crippen molar-refractivity contribution < 1.29 is 22.8 Å². The lowest BCUT2D eigenvalue weighted by atomic mass is 10.2. The van der Waals surface area contributed by atoms with E-state index < -0.39 is 11.7 Å². The van der Waals surface area contributed by atoms with Crippen LogP contribution in [0.25, 0.3) is 0 Å². The minimum Gasteiger partial charge on any atom is -0.354 e. The standard InChI is InChI=1S/C13H14F3N3O2/c14-13(15,16)9-1-3-10(4-2-9)18-12(21)8-19-6-5-17-11(20)7-19/h1-4H,5-8H2,(H,17,20)(H,18,21). The number of halogens is 3. The van der Waals surface area contributed by atoms with Crippen molar-refractivity contribution in [3.63, 3.8) is 0 Å². The lowest BCUT2D eigenvalue weighted by Crippen LogP contribution is -2.49. The lowest BCUT2D eigenvalue weighted by molar-refractivity contribution is -0.137. The summed E-state index contributed by atoms with van der Waals surface area (Å²) in [6, 6.07) is 4.21. The Bertz CT molecular complexity index is 528. The first-order chi connectivity index (χ1) is 9.84. The van der Waals surface area contributed by atoms with Gasteiger partial charge < -0.3 is 10.6 Å². The molecular weight excluding hydrogens is 287 g/mol. The number of nitrogens with zero attached hydrogens (tertiary/aromatic N) is 1. The van der Waals surface area contributed by atoms with Crippen LogP contribution in [0, 0.1) is 0 Å². The number of hydrogen-bond acceptors (Lipinski definition) is 3. The molecule has 0 saturated carbocycles. The van der Waals surface area contributed by atoms with Crippen molar-refractivity contribution in [2.45, 2.75) is 6.18 Å². The third-order valence-corrected chi connectivity index (χ3v) is 2.98. The average Bonchev–Trinajstić information content (AvgIpc) is 2.38. The molecule has 1 saturated heterocycles. The molecular formula is C13H14F3N3O2. The summed E-state index contributed by atoms with van der Waals surface area (Å²) in [6.07, 6.45) is -4.40. The average molecular weight is 301 g/mol. The van der Waals surface area contributed by atoms with E-state index in [0.29, 0.717) is 13.1 Å². The monoisotopic (exact) mass is 301 g/mol. The molecule has 0 radical (unpaired) electrons. The number of piperazine rings is 1. The van der Waals surface area contributed by atoms with Gasteiger partial charge in [-0.25, -0.2) is 0 Å². The second kappa shape index (κ2) is 6.13. The van der Waals surface area contributed by atoms with E-state index >= 15 is 0 Å². The summed E-state index contributed by atoms with van der Waals surface area (Å²) in [5.41, 5.74) is -0.484. The summed E-state index contributed by atoms with van der Waals surface area (Å²) in [6.45, 7) is 1.20. The number of benzene rings is 1. The van der Waals surface area contributed by atoms with Gasteiger partial charge in [0.15, 0.2) is 0 Å². The summed E-state index contributed by atoms with van der Waals surface area (Å²) in [5, 5.41) is 5.14. The Labute approximate surface area is 119 Å². The van der Waals surface area contributed by atoms with Gasteiger partial charge in [0.05, 0.1) is 18.7 Å². The number of nitrogens with one attached hydrogen (secondary N) is 2. The highest BCUT2D eigenvalue weighted by Crippen LogP contribution is 2.29. The Balaban J connectivity index is 1.89. The minimum absolute atomic E-state index is 0.0223. The normalized spacial score (nSPS) is 16.4. The molecule has 5 nitrogen and oxygen atoms in total. The predicted molar refractivity (Wildman–Crippen MR) is 69.5 cm³/mol. The van der Waals surface area contributed by atoms with Crippen molar-refractivity contribution in [1.29, 1.82) is 0 Å². The maximum Gasteiger partial charge on any atom is 0.416 e. The van der Waals surface area contributed by atoms with Crippen molar-refractivity contribution in [2.75, 3.05) is 31.5 Å². The van der Waals surface area contributed by atoms with Crippen LogP contribution in [0.4, 0.5) is 18.9 Å². The highest BCUT2D eigenvalue weighted by Gasteiger charge is 2.30. The number of anilines is 1. The molecule has 2 amide bonds. The van der Waals surface area contributed by atoms with Crippen LogP contribution in [0.2, 0.25) is 0 Å². The quantitative estimate of drug-likeness (QED) is 0.878. The molecule has 114 valence electrons. The number of alkyl halides is 3. The SMILES string of the molecule is O=C1CN(CC(=O)Nc2ccc(C(F)(F)F)cc2)CCN1. The van der Waals surface area contributed by atoms with Crippen LogP contribution >= 0.6 is 0 Å². The van der Waals surface area contributed by atoms with Crippen molar-refractivity contribution in [3.8, 4) is 0 Å². The summed E-state index contributed by atoms with van der Waals surface area (Å²) >= 11 is 0. The van der Waals surface area contributed by atoms with Gasteiger partial charge in [0.2, 0.25) is 11.8 Å². The van der Waals surface area contributed by atoms with E-state index in [4.69, 9.17) is 0 Å². The first-order valence-corrected chi connectivity index (χ1v) is 6.31. The zero-order valence-electron chi connectivity index (χ0n) is 11.0. The third-order valence-electron chi connectivity index (χ3n) is 2.98. The molecule has 0 bridgehead atoms. The number of amides is 2. The summed E-state index contributed by atoms with van der Waals surface area (Å²) in [4.78, 5) is 24.6. The Morgan fingerprint density at radius 3 is 2.52 bits per heavy atom. The van der Waals surface area contributed by atoms with Crippen LogP contribution < -0.4 is 10.6 Å². The van der Waals surface area contributed by atoms with E-state index in [0.717, 1.165) is 12.1 Å². The Kier molecular flexibility index (Phi) is 4.46. The van der Waals surface area contributed by atoms with Crippen LogP contribution in [-0.4, -0.2) is 42.9 Å². The molecule has 1 fully saturated rings. The second-order valence-corrected chi connectivity index (χ2v) is 4.68. The van der Waals surface area contributed by atoms with E-state index in [1.165, 1.54) is 12.1 Å². The predicted octanol–water partition coefficient (Wildman–Crippen LogP) is 1.08. The van der Waals surface area contributed by atoms with Crippen molar-refractivity contribution in [3.05, 3.63) is 29.8 Å². The lowest BCUT2D eigenvalue weighted by Gasteiger charge is -2.25. The maximum absolute atomic E-state index is 12.4. The summed E-state index contributed by atoms with van der Waals surface area (Å²) in [7, 11) is 0. The van der Waals surface area contributed by atoms with E-state index in [2.05, 4.69) is 10.6 Å². The molecule has 21 heavy (non-hydrogen) atoms. The molecule has 0 unspecified atom stereocenters. The Morgan fingerprint density at radius 2 is 1.95 bits per heavy atom. The maximum atomic E-state index is 12.4. The van der Waals surface area contributed by atoms with Crippen molar-refractivity contribution in [1.82, 2.24) is 10.2 Å². The number of carbonyl (C=O) groups excluding carboxylic acids is 2. The first-order valence-electron chi connectivity index (χ1n) is 6.31. The van der Waals surface area contributed by atoms with Crippen LogP contribution in [-0.2, 0) is 15.8 Å². The van der Waals surface area contributed by atoms with E-state index in [9.17, 15) is 22.8 Å². The fraction of sp³-hybridized carbons (Fsp3) is 0.385. The Morgan fingerprint density at radius 1 is 1.29 bits per heavy atom. The van der Waals surface area contributed by atoms with Gasteiger partial charge in [0, 0.05) is 18.8 Å². The highest BCUT2D eigenvalue weighted by molar-refractivity contribution is 5.92. The third kappa shape index (κ3) is 4.45. The molecule has 1 heterocycles. The van der Waals surface area contributed by atoms with Crippen molar-refractivity contribution in [2.24, 2.45) is 0 Å². The van der Waals surface area contributed by atoms with Gasteiger partial charge in [-0.1, -0.05) is 0 Å². The molecule has 1 aliphatic heterocycles. The van der Waals surface area contributed by atoms with Gasteiger partial charge in [0.25, 0.3) is 0 Å². The fourth-order valence-electron chi connectivity index (χ4n) is 1.97. The number of hydrogen-bond donors (Lipinski definition) is 2. The minimum atomic E-state index is -4.40. The largest absolute Gasteiger partial charge is 0.416 e. The molecule has 1 aromatic rings. The Hall–Kier alpha value is -2.09. The first kappa shape index (κ1) is 15.3. The molecule has 2 rings (SSSR count). The van der Waals surface area contributed by atoms with E-state index in [1.807, 2.05) is 0 Å². The van der Waals surface area contributed by atoms with Gasteiger partial charge >= 0.3 is 6.18 Å². The molecule has 1 aromatic carbocycles. The van der Waals surface area contributed by atoms with Crippen LogP contribution in [0.5, 0.6) is 0 Å². The van der Waals surface area contributed by atoms with Gasteiger partial charge in [-0.3, -0.25) is 14.5 Å². The summed E-state index contributed by atoms with van der Waals surface area (Å²) < 4.78 is 37.2. The van der Waals surface area contributed by atoms with Crippen molar-refractivity contribution >= 4 is 17.5 Å². The fourth-order valence-corrected chi connectivity index (χ4v) is 1.97.